The molecule has 0 radical (unpaired) electrons. The first-order chi connectivity index (χ1) is 7.52. The van der Waals surface area contributed by atoms with E-state index in [-0.39, 0.29) is 11.5 Å². The van der Waals surface area contributed by atoms with Crippen LogP contribution in [0.3, 0.4) is 0 Å². The highest BCUT2D eigenvalue weighted by Crippen LogP contribution is 2.36. The van der Waals surface area contributed by atoms with Crippen LogP contribution in [0, 0.1) is 5.92 Å². The van der Waals surface area contributed by atoms with E-state index >= 15 is 0 Å². The summed E-state index contributed by atoms with van der Waals surface area (Å²) in [5.41, 5.74) is 1.05. The number of hydrogen-bond donors (Lipinski definition) is 0. The van der Waals surface area contributed by atoms with E-state index < -0.39 is 10.8 Å². The van der Waals surface area contributed by atoms with Gasteiger partial charge in [0.2, 0.25) is 0 Å². The van der Waals surface area contributed by atoms with Crippen molar-refractivity contribution in [2.24, 2.45) is 5.92 Å². The normalized spacial score (nSPS) is 31.2. The molecule has 0 bridgehead atoms. The minimum Gasteiger partial charge on any atom is -0.357 e. The van der Waals surface area contributed by atoms with Crippen molar-refractivity contribution in [3.05, 3.63) is 9.81 Å². The molecule has 94 valence electrons. The first-order valence-corrected chi connectivity index (χ1v) is 8.12. The summed E-state index contributed by atoms with van der Waals surface area (Å²) in [5, 5.41) is 0. The molecule has 0 spiro atoms. The fraction of sp³-hybridized carbons (Fsp3) is 0.833. The van der Waals surface area contributed by atoms with Gasteiger partial charge in [0, 0.05) is 0 Å². The van der Waals surface area contributed by atoms with Gasteiger partial charge in [-0.2, -0.15) is 0 Å². The van der Waals surface area contributed by atoms with E-state index in [2.05, 4.69) is 27.7 Å². The second-order valence-electron chi connectivity index (χ2n) is 4.34. The Morgan fingerprint density at radius 1 is 1.44 bits per heavy atom. The lowest BCUT2D eigenvalue weighted by Crippen LogP contribution is -2.35. The molecule has 0 aromatic carbocycles. The van der Waals surface area contributed by atoms with Crippen molar-refractivity contribution in [3.8, 4) is 0 Å². The van der Waals surface area contributed by atoms with Crippen molar-refractivity contribution in [1.82, 2.24) is 0 Å². The summed E-state index contributed by atoms with van der Waals surface area (Å²) in [6.45, 7) is 10.5. The van der Waals surface area contributed by atoms with Crippen molar-refractivity contribution >= 4 is 22.6 Å². The van der Waals surface area contributed by atoms with Gasteiger partial charge in [-0.3, -0.25) is 4.21 Å². The SMILES string of the molecule is CCSC1=C(C)[C@@H](C(C)C)O[C@@H](CC)[S@]1=O. The molecule has 1 aliphatic heterocycles. The Hall–Kier alpha value is 0.200. The molecule has 0 aliphatic carbocycles. The lowest BCUT2D eigenvalue weighted by molar-refractivity contribution is 0.0232. The first kappa shape index (κ1) is 14.3. The standard InChI is InChI=1S/C12H22O2S2/c1-6-10-14-11(8(3)4)9(5)12(15-7-2)16(10)13/h8,10-11H,6-7H2,1-5H3/t10-,11-,16-/m1/s1. The Labute approximate surface area is 106 Å². The zero-order valence-corrected chi connectivity index (χ0v) is 12.4. The van der Waals surface area contributed by atoms with E-state index in [9.17, 15) is 4.21 Å². The molecule has 0 saturated heterocycles. The molecule has 0 aromatic heterocycles. The van der Waals surface area contributed by atoms with Gasteiger partial charge in [-0.05, 0) is 30.6 Å². The van der Waals surface area contributed by atoms with Crippen LogP contribution in [0.5, 0.6) is 0 Å². The average molecular weight is 262 g/mol. The summed E-state index contributed by atoms with van der Waals surface area (Å²) in [5.74, 6) is 1.42. The molecule has 4 heteroatoms. The molecular weight excluding hydrogens is 240 g/mol. The first-order valence-electron chi connectivity index (χ1n) is 5.92. The van der Waals surface area contributed by atoms with Gasteiger partial charge in [0.15, 0.2) is 0 Å². The highest BCUT2D eigenvalue weighted by molar-refractivity contribution is 8.16. The lowest BCUT2D eigenvalue weighted by Gasteiger charge is -2.33. The third-order valence-electron chi connectivity index (χ3n) is 2.68. The molecule has 16 heavy (non-hydrogen) atoms. The zero-order valence-electron chi connectivity index (χ0n) is 10.8. The second kappa shape index (κ2) is 6.22. The van der Waals surface area contributed by atoms with Crippen molar-refractivity contribution in [3.63, 3.8) is 0 Å². The Kier molecular flexibility index (Phi) is 5.54. The van der Waals surface area contributed by atoms with Crippen LogP contribution in [0.4, 0.5) is 0 Å². The highest BCUT2D eigenvalue weighted by atomic mass is 32.2. The average Bonchev–Trinajstić information content (AvgIpc) is 2.24. The van der Waals surface area contributed by atoms with Crippen LogP contribution in [-0.4, -0.2) is 21.5 Å². The van der Waals surface area contributed by atoms with Crippen LogP contribution in [0.15, 0.2) is 9.81 Å². The van der Waals surface area contributed by atoms with Gasteiger partial charge in [-0.1, -0.05) is 27.7 Å². The molecule has 0 amide bonds. The quantitative estimate of drug-likeness (QED) is 0.775. The zero-order chi connectivity index (χ0) is 12.3. The summed E-state index contributed by atoms with van der Waals surface area (Å²) in [4.78, 5) is 0. The predicted molar refractivity (Wildman–Crippen MR) is 72.8 cm³/mol. The Morgan fingerprint density at radius 3 is 2.50 bits per heavy atom. The van der Waals surface area contributed by atoms with Gasteiger partial charge >= 0.3 is 0 Å². The van der Waals surface area contributed by atoms with Gasteiger partial charge in [-0.25, -0.2) is 0 Å². The Morgan fingerprint density at radius 2 is 2.06 bits per heavy atom. The van der Waals surface area contributed by atoms with Gasteiger partial charge in [-0.15, -0.1) is 11.8 Å². The molecule has 0 aromatic rings. The van der Waals surface area contributed by atoms with E-state index in [1.54, 1.807) is 11.8 Å². The third-order valence-corrected chi connectivity index (χ3v) is 6.01. The summed E-state index contributed by atoms with van der Waals surface area (Å²) >= 11 is 1.71. The van der Waals surface area contributed by atoms with Crippen LogP contribution >= 0.6 is 11.8 Å². The molecule has 1 aliphatic rings. The van der Waals surface area contributed by atoms with E-state index in [4.69, 9.17) is 4.74 Å². The summed E-state index contributed by atoms with van der Waals surface area (Å²) in [7, 11) is -0.963. The smallest absolute Gasteiger partial charge is 0.138 e. The van der Waals surface area contributed by atoms with Crippen LogP contribution in [0.1, 0.15) is 41.0 Å². The number of thioether (sulfide) groups is 1. The number of rotatable bonds is 4. The largest absolute Gasteiger partial charge is 0.357 e. The van der Waals surface area contributed by atoms with Crippen molar-refractivity contribution < 1.29 is 8.95 Å². The van der Waals surface area contributed by atoms with Gasteiger partial charge < -0.3 is 4.74 Å². The Balaban J connectivity index is 3.04. The minimum absolute atomic E-state index is 0.120. The molecule has 3 atom stereocenters. The van der Waals surface area contributed by atoms with Crippen molar-refractivity contribution in [2.75, 3.05) is 5.75 Å². The maximum Gasteiger partial charge on any atom is 0.138 e. The van der Waals surface area contributed by atoms with E-state index in [0.717, 1.165) is 16.4 Å². The fourth-order valence-electron chi connectivity index (χ4n) is 1.92. The van der Waals surface area contributed by atoms with Crippen LogP contribution in [0.2, 0.25) is 0 Å². The fourth-order valence-corrected chi connectivity index (χ4v) is 4.86. The molecule has 0 fully saturated rings. The number of hydrogen-bond acceptors (Lipinski definition) is 3. The topological polar surface area (TPSA) is 26.3 Å². The lowest BCUT2D eigenvalue weighted by atomic mass is 10.0. The van der Waals surface area contributed by atoms with Crippen LogP contribution < -0.4 is 0 Å². The molecule has 0 N–H and O–H groups in total. The van der Waals surface area contributed by atoms with Crippen LogP contribution in [0.25, 0.3) is 0 Å². The van der Waals surface area contributed by atoms with Gasteiger partial charge in [0.25, 0.3) is 0 Å². The van der Waals surface area contributed by atoms with E-state index in [1.165, 1.54) is 5.57 Å². The number of ether oxygens (including phenoxy) is 1. The van der Waals surface area contributed by atoms with Crippen molar-refractivity contribution in [2.45, 2.75) is 52.6 Å². The highest BCUT2D eigenvalue weighted by Gasteiger charge is 2.34. The second-order valence-corrected chi connectivity index (χ2v) is 7.40. The molecule has 2 nitrogen and oxygen atoms in total. The van der Waals surface area contributed by atoms with Gasteiger partial charge in [0.1, 0.15) is 5.44 Å². The maximum absolute atomic E-state index is 12.2. The minimum atomic E-state index is -0.963. The molecule has 1 rings (SSSR count). The summed E-state index contributed by atoms with van der Waals surface area (Å²) in [6.07, 6.45) is 0.952. The van der Waals surface area contributed by atoms with E-state index in [1.807, 2.05) is 6.92 Å². The monoisotopic (exact) mass is 262 g/mol. The maximum atomic E-state index is 12.2. The summed E-state index contributed by atoms with van der Waals surface area (Å²) in [6, 6.07) is 0. The predicted octanol–water partition coefficient (Wildman–Crippen LogP) is 3.51. The molecule has 0 unspecified atom stereocenters. The van der Waals surface area contributed by atoms with Crippen LogP contribution in [-0.2, 0) is 15.5 Å². The molecular formula is C12H22O2S2. The Bertz CT molecular complexity index is 297. The third kappa shape index (κ3) is 2.90. The molecule has 1 heterocycles. The van der Waals surface area contributed by atoms with Gasteiger partial charge in [0.05, 0.1) is 21.1 Å². The van der Waals surface area contributed by atoms with E-state index in [0.29, 0.717) is 5.92 Å². The van der Waals surface area contributed by atoms with Crippen molar-refractivity contribution in [1.29, 1.82) is 0 Å². The molecule has 0 saturated carbocycles. The summed E-state index contributed by atoms with van der Waals surface area (Å²) < 4.78 is 19.2.